The molecule has 2 aromatic rings. The smallest absolute Gasteiger partial charge is 0.267 e. The SMILES string of the molecule is CC1=C(C(=O)N(C)S(C)(=O)=O)C(c2ccc(F)cc2Cl)N=C(c2nccs2)N1. The summed E-state index contributed by atoms with van der Waals surface area (Å²) in [5.41, 5.74) is 0.885. The van der Waals surface area contributed by atoms with E-state index in [1.54, 1.807) is 18.5 Å². The monoisotopic (exact) mass is 442 g/mol. The van der Waals surface area contributed by atoms with Crippen LogP contribution in [-0.4, -0.2) is 42.8 Å². The van der Waals surface area contributed by atoms with Crippen molar-refractivity contribution in [3.63, 3.8) is 0 Å². The second kappa shape index (κ2) is 7.61. The third kappa shape index (κ3) is 3.94. The molecule has 7 nitrogen and oxygen atoms in total. The van der Waals surface area contributed by atoms with E-state index in [0.717, 1.165) is 12.3 Å². The van der Waals surface area contributed by atoms with Crippen LogP contribution in [0.1, 0.15) is 23.5 Å². The van der Waals surface area contributed by atoms with Crippen molar-refractivity contribution in [1.82, 2.24) is 14.6 Å². The maximum Gasteiger partial charge on any atom is 0.267 e. The summed E-state index contributed by atoms with van der Waals surface area (Å²) >= 11 is 7.56. The molecular formula is C17H16ClFN4O3S2. The van der Waals surface area contributed by atoms with Gasteiger partial charge in [-0.05, 0) is 19.1 Å². The van der Waals surface area contributed by atoms with Crippen LogP contribution >= 0.6 is 22.9 Å². The molecule has 0 saturated carbocycles. The molecule has 1 N–H and O–H groups in total. The molecule has 0 fully saturated rings. The first-order chi connectivity index (χ1) is 13.1. The maximum atomic E-state index is 13.5. The van der Waals surface area contributed by atoms with Crippen molar-refractivity contribution in [2.75, 3.05) is 13.3 Å². The number of nitrogens with zero attached hydrogens (tertiary/aromatic N) is 3. The van der Waals surface area contributed by atoms with Crippen molar-refractivity contribution < 1.29 is 17.6 Å². The molecular weight excluding hydrogens is 427 g/mol. The van der Waals surface area contributed by atoms with E-state index in [2.05, 4.69) is 15.3 Å². The summed E-state index contributed by atoms with van der Waals surface area (Å²) in [6, 6.07) is 2.83. The Hall–Kier alpha value is -2.30. The van der Waals surface area contributed by atoms with Crippen molar-refractivity contribution >= 4 is 44.7 Å². The van der Waals surface area contributed by atoms with Gasteiger partial charge in [-0.2, -0.15) is 0 Å². The Morgan fingerprint density at radius 3 is 2.68 bits per heavy atom. The lowest BCUT2D eigenvalue weighted by atomic mass is 9.95. The third-order valence-corrected chi connectivity index (χ3v) is 6.42. The predicted octanol–water partition coefficient (Wildman–Crippen LogP) is 2.72. The first-order valence-electron chi connectivity index (χ1n) is 7.98. The largest absolute Gasteiger partial charge is 0.341 e. The number of rotatable bonds is 4. The molecule has 1 aromatic heterocycles. The van der Waals surface area contributed by atoms with Crippen LogP contribution in [0.25, 0.3) is 0 Å². The average molecular weight is 443 g/mol. The number of benzene rings is 1. The fourth-order valence-corrected chi connectivity index (χ4v) is 3.93. The minimum Gasteiger partial charge on any atom is -0.341 e. The number of amidine groups is 1. The molecule has 1 aliphatic rings. The Balaban J connectivity index is 2.16. The van der Waals surface area contributed by atoms with E-state index >= 15 is 0 Å². The summed E-state index contributed by atoms with van der Waals surface area (Å²) in [6.45, 7) is 1.63. The Morgan fingerprint density at radius 1 is 1.39 bits per heavy atom. The number of halogens is 2. The van der Waals surface area contributed by atoms with Crippen LogP contribution in [0.15, 0.2) is 46.0 Å². The maximum absolute atomic E-state index is 13.5. The number of hydrogen-bond donors (Lipinski definition) is 1. The number of hydrogen-bond acceptors (Lipinski definition) is 7. The second-order valence-electron chi connectivity index (χ2n) is 6.08. The van der Waals surface area contributed by atoms with Gasteiger partial charge in [0.15, 0.2) is 10.8 Å². The van der Waals surface area contributed by atoms with Gasteiger partial charge in [-0.3, -0.25) is 9.79 Å². The molecule has 0 bridgehead atoms. The zero-order valence-electron chi connectivity index (χ0n) is 15.1. The number of allylic oxidation sites excluding steroid dienone is 1. The molecule has 148 valence electrons. The molecule has 1 aromatic carbocycles. The van der Waals surface area contributed by atoms with Crippen molar-refractivity contribution in [3.8, 4) is 0 Å². The fourth-order valence-electron chi connectivity index (χ4n) is 2.67. The van der Waals surface area contributed by atoms with Gasteiger partial charge in [-0.15, -0.1) is 11.3 Å². The molecule has 1 aliphatic heterocycles. The molecule has 2 heterocycles. The number of thiazole rings is 1. The molecule has 0 aliphatic carbocycles. The van der Waals surface area contributed by atoms with Gasteiger partial charge in [0.25, 0.3) is 5.91 Å². The highest BCUT2D eigenvalue weighted by atomic mass is 35.5. The molecule has 1 unspecified atom stereocenters. The average Bonchev–Trinajstić information content (AvgIpc) is 3.13. The molecule has 11 heteroatoms. The van der Waals surface area contributed by atoms with Crippen LogP contribution in [0.4, 0.5) is 4.39 Å². The van der Waals surface area contributed by atoms with Crippen LogP contribution in [0, 0.1) is 5.82 Å². The van der Waals surface area contributed by atoms with E-state index in [1.165, 1.54) is 30.5 Å². The third-order valence-electron chi connectivity index (χ3n) is 4.15. The number of carbonyl (C=O) groups excluding carboxylic acids is 1. The normalized spacial score (nSPS) is 17.2. The van der Waals surface area contributed by atoms with E-state index in [1.807, 2.05) is 0 Å². The lowest BCUT2D eigenvalue weighted by molar-refractivity contribution is -0.122. The molecule has 1 atom stereocenters. The summed E-state index contributed by atoms with van der Waals surface area (Å²) in [4.78, 5) is 21.7. The highest BCUT2D eigenvalue weighted by Crippen LogP contribution is 2.36. The minimum absolute atomic E-state index is 0.0780. The molecule has 3 rings (SSSR count). The number of aliphatic imine (C=N–C) groups is 1. The zero-order chi connectivity index (χ0) is 20.6. The van der Waals surface area contributed by atoms with E-state index in [9.17, 15) is 17.6 Å². The van der Waals surface area contributed by atoms with Gasteiger partial charge >= 0.3 is 0 Å². The fraction of sp³-hybridized carbons (Fsp3) is 0.235. The zero-order valence-corrected chi connectivity index (χ0v) is 17.5. The molecule has 1 amide bonds. The van der Waals surface area contributed by atoms with Crippen molar-refractivity contribution in [2.45, 2.75) is 13.0 Å². The van der Waals surface area contributed by atoms with Crippen molar-refractivity contribution in [1.29, 1.82) is 0 Å². The van der Waals surface area contributed by atoms with Gasteiger partial charge < -0.3 is 5.32 Å². The highest BCUT2D eigenvalue weighted by molar-refractivity contribution is 7.88. The van der Waals surface area contributed by atoms with Gasteiger partial charge in [0.05, 0.1) is 11.8 Å². The standard InChI is InChI=1S/C17H16ClFN4O3S2/c1-9-13(17(24)23(2)28(3,25)26)14(11-5-4-10(19)8-12(11)18)22-15(21-9)16-20-6-7-27-16/h4-8,14H,1-3H3,(H,21,22). The number of amides is 1. The Morgan fingerprint density at radius 2 is 2.11 bits per heavy atom. The van der Waals surface area contributed by atoms with Crippen LogP contribution in [0.5, 0.6) is 0 Å². The van der Waals surface area contributed by atoms with Gasteiger partial charge in [0, 0.05) is 34.9 Å². The van der Waals surface area contributed by atoms with Crippen LogP contribution in [0.2, 0.25) is 5.02 Å². The predicted molar refractivity (Wildman–Crippen MR) is 106 cm³/mol. The lowest BCUT2D eigenvalue weighted by Gasteiger charge is -2.28. The molecule has 28 heavy (non-hydrogen) atoms. The van der Waals surface area contributed by atoms with E-state index in [-0.39, 0.29) is 10.6 Å². The van der Waals surface area contributed by atoms with E-state index in [4.69, 9.17) is 11.6 Å². The number of carbonyl (C=O) groups is 1. The second-order valence-corrected chi connectivity index (χ2v) is 9.40. The summed E-state index contributed by atoms with van der Waals surface area (Å²) in [7, 11) is -2.62. The van der Waals surface area contributed by atoms with E-state index in [0.29, 0.717) is 26.4 Å². The Labute approximate surface area is 170 Å². The van der Waals surface area contributed by atoms with Crippen molar-refractivity contribution in [2.24, 2.45) is 4.99 Å². The van der Waals surface area contributed by atoms with Gasteiger partial charge in [0.1, 0.15) is 11.9 Å². The van der Waals surface area contributed by atoms with Gasteiger partial charge in [-0.25, -0.2) is 22.1 Å². The quantitative estimate of drug-likeness (QED) is 0.786. The Kier molecular flexibility index (Phi) is 5.55. The first-order valence-corrected chi connectivity index (χ1v) is 11.1. The van der Waals surface area contributed by atoms with Gasteiger partial charge in [-0.1, -0.05) is 17.7 Å². The molecule has 0 radical (unpaired) electrons. The summed E-state index contributed by atoms with van der Waals surface area (Å²) in [5.74, 6) is -0.870. The number of aromatic nitrogens is 1. The van der Waals surface area contributed by atoms with Crippen LogP contribution < -0.4 is 5.32 Å². The summed E-state index contributed by atoms with van der Waals surface area (Å²) in [5, 5.41) is 5.45. The number of likely N-dealkylation sites (N-methyl/N-ethyl adjacent to an activating group) is 1. The minimum atomic E-state index is -3.78. The molecule has 0 spiro atoms. The Bertz CT molecular complexity index is 1100. The topological polar surface area (TPSA) is 91.7 Å². The summed E-state index contributed by atoms with van der Waals surface area (Å²) < 4.78 is 37.9. The summed E-state index contributed by atoms with van der Waals surface area (Å²) in [6.07, 6.45) is 2.54. The first kappa shape index (κ1) is 20.4. The van der Waals surface area contributed by atoms with E-state index < -0.39 is 27.8 Å². The van der Waals surface area contributed by atoms with Crippen LogP contribution in [0.3, 0.4) is 0 Å². The van der Waals surface area contributed by atoms with Crippen LogP contribution in [-0.2, 0) is 14.8 Å². The number of nitrogens with one attached hydrogen (secondary N) is 1. The lowest BCUT2D eigenvalue weighted by Crippen LogP contribution is -2.39. The van der Waals surface area contributed by atoms with Crippen molar-refractivity contribution in [3.05, 3.63) is 62.5 Å². The van der Waals surface area contributed by atoms with Gasteiger partial charge in [0.2, 0.25) is 10.0 Å². The number of sulfonamides is 1. The molecule has 0 saturated heterocycles. The highest BCUT2D eigenvalue weighted by Gasteiger charge is 2.35.